The molecule has 30 heavy (non-hydrogen) atoms. The second-order valence-electron chi connectivity index (χ2n) is 6.85. The molecule has 1 N–H and O–H groups in total. The minimum atomic E-state index is -0.318. The van der Waals surface area contributed by atoms with Crippen LogP contribution in [0.25, 0.3) is 28.3 Å². The first-order valence-electron chi connectivity index (χ1n) is 9.47. The van der Waals surface area contributed by atoms with Crippen LogP contribution in [0, 0.1) is 11.3 Å². The van der Waals surface area contributed by atoms with Crippen molar-refractivity contribution in [3.63, 3.8) is 0 Å². The van der Waals surface area contributed by atoms with Crippen molar-refractivity contribution in [1.82, 2.24) is 14.5 Å². The summed E-state index contributed by atoms with van der Waals surface area (Å²) in [5.74, 6) is 1.06. The molecule has 0 bridgehead atoms. The molecule has 0 spiro atoms. The van der Waals surface area contributed by atoms with Gasteiger partial charge in [-0.3, -0.25) is 4.79 Å². The van der Waals surface area contributed by atoms with E-state index in [0.717, 1.165) is 11.1 Å². The van der Waals surface area contributed by atoms with Crippen LogP contribution in [-0.2, 0) is 6.42 Å². The molecule has 2 aliphatic rings. The minimum absolute atomic E-state index is 0.221. The van der Waals surface area contributed by atoms with Crippen LogP contribution < -0.4 is 5.56 Å². The number of hydrogen-bond acceptors (Lipinski definition) is 4. The largest absolute Gasteiger partial charge is 0.469 e. The standard InChI is InChI=1S/C24H16N4O2/c25-15-20-21(16-8-3-1-4-9-16)27-22(17-10-5-2-6-11-17)23-26-19(24(29)28(20)23)14-18-12-7-13-30-18/h1-13,27H,14H2. The summed E-state index contributed by atoms with van der Waals surface area (Å²) >= 11 is 0. The fraction of sp³-hybridized carbons (Fsp3) is 0.0417. The van der Waals surface area contributed by atoms with Crippen molar-refractivity contribution >= 4 is 0 Å². The van der Waals surface area contributed by atoms with Crippen LogP contribution in [0.5, 0.6) is 0 Å². The quantitative estimate of drug-likeness (QED) is 0.491. The van der Waals surface area contributed by atoms with Crippen molar-refractivity contribution in [2.24, 2.45) is 0 Å². The van der Waals surface area contributed by atoms with Gasteiger partial charge in [0.15, 0.2) is 11.5 Å². The zero-order valence-corrected chi connectivity index (χ0v) is 15.9. The zero-order valence-electron chi connectivity index (χ0n) is 15.9. The molecule has 0 saturated heterocycles. The number of aromatic amines is 1. The maximum absolute atomic E-state index is 13.3. The molecule has 0 aliphatic carbocycles. The number of rotatable bonds is 4. The van der Waals surface area contributed by atoms with Crippen molar-refractivity contribution in [1.29, 1.82) is 5.26 Å². The third-order valence-corrected chi connectivity index (χ3v) is 4.99. The summed E-state index contributed by atoms with van der Waals surface area (Å²) in [6, 6.07) is 24.9. The van der Waals surface area contributed by atoms with Gasteiger partial charge in [-0.1, -0.05) is 60.7 Å². The van der Waals surface area contributed by atoms with Crippen molar-refractivity contribution < 1.29 is 4.42 Å². The Balaban J connectivity index is 1.84. The average molecular weight is 392 g/mol. The number of hydrogen-bond donors (Lipinski definition) is 1. The van der Waals surface area contributed by atoms with Crippen LogP contribution in [0.4, 0.5) is 0 Å². The maximum Gasteiger partial charge on any atom is 0.279 e. The lowest BCUT2D eigenvalue weighted by Gasteiger charge is -2.15. The summed E-state index contributed by atoms with van der Waals surface area (Å²) < 4.78 is 6.79. The number of nitrogens with zero attached hydrogens (tertiary/aromatic N) is 3. The Morgan fingerprint density at radius 1 is 0.933 bits per heavy atom. The normalized spacial score (nSPS) is 10.9. The van der Waals surface area contributed by atoms with Gasteiger partial charge in [-0.15, -0.1) is 0 Å². The topological polar surface area (TPSA) is 87.6 Å². The molecule has 144 valence electrons. The highest BCUT2D eigenvalue weighted by molar-refractivity contribution is 5.75. The molecule has 3 heterocycles. The molecule has 0 saturated carbocycles. The molecule has 2 aromatic carbocycles. The van der Waals surface area contributed by atoms with Gasteiger partial charge in [0.1, 0.15) is 17.5 Å². The molecule has 0 atom stereocenters. The number of nitrogens with one attached hydrogen (secondary N) is 1. The highest BCUT2D eigenvalue weighted by Gasteiger charge is 2.26. The molecular formula is C24H16N4O2. The zero-order chi connectivity index (χ0) is 20.5. The molecule has 6 heteroatoms. The fourth-order valence-electron chi connectivity index (χ4n) is 3.60. The van der Waals surface area contributed by atoms with Crippen molar-refractivity contribution in [2.75, 3.05) is 0 Å². The van der Waals surface area contributed by atoms with Crippen LogP contribution in [0.15, 0.2) is 88.3 Å². The number of imidazole rings is 1. The summed E-state index contributed by atoms with van der Waals surface area (Å²) in [6.07, 6.45) is 1.82. The van der Waals surface area contributed by atoms with E-state index in [0.29, 0.717) is 28.7 Å². The fourth-order valence-corrected chi connectivity index (χ4v) is 3.60. The van der Waals surface area contributed by atoms with E-state index in [-0.39, 0.29) is 17.7 Å². The van der Waals surface area contributed by atoms with Gasteiger partial charge < -0.3 is 9.40 Å². The van der Waals surface area contributed by atoms with Gasteiger partial charge in [0.2, 0.25) is 0 Å². The highest BCUT2D eigenvalue weighted by atomic mass is 16.3. The Morgan fingerprint density at radius 3 is 2.20 bits per heavy atom. The summed E-state index contributed by atoms with van der Waals surface area (Å²) in [4.78, 5) is 21.3. The predicted molar refractivity (Wildman–Crippen MR) is 112 cm³/mol. The van der Waals surface area contributed by atoms with Gasteiger partial charge in [0, 0.05) is 11.1 Å². The first-order chi connectivity index (χ1) is 14.8. The van der Waals surface area contributed by atoms with E-state index in [1.807, 2.05) is 60.7 Å². The van der Waals surface area contributed by atoms with Crippen molar-refractivity contribution in [3.8, 4) is 34.4 Å². The van der Waals surface area contributed by atoms with E-state index in [9.17, 15) is 10.1 Å². The van der Waals surface area contributed by atoms with Gasteiger partial charge in [0.25, 0.3) is 5.56 Å². The molecule has 0 unspecified atom stereocenters. The van der Waals surface area contributed by atoms with E-state index < -0.39 is 0 Å². The van der Waals surface area contributed by atoms with Crippen LogP contribution in [0.3, 0.4) is 0 Å². The van der Waals surface area contributed by atoms with Gasteiger partial charge >= 0.3 is 0 Å². The van der Waals surface area contributed by atoms with Crippen LogP contribution in [0.2, 0.25) is 0 Å². The molecule has 5 rings (SSSR count). The Kier molecular flexibility index (Phi) is 4.26. The molecule has 0 fully saturated rings. The second kappa shape index (κ2) is 7.22. The summed E-state index contributed by atoms with van der Waals surface area (Å²) in [5.41, 5.74) is 3.17. The third-order valence-electron chi connectivity index (χ3n) is 4.99. The van der Waals surface area contributed by atoms with Crippen molar-refractivity contribution in [3.05, 3.63) is 107 Å². The van der Waals surface area contributed by atoms with Gasteiger partial charge in [-0.2, -0.15) is 5.26 Å². The number of furan rings is 1. The van der Waals surface area contributed by atoms with Crippen LogP contribution in [0.1, 0.15) is 17.1 Å². The number of fused-ring (bicyclic) bond motifs is 1. The summed E-state index contributed by atoms with van der Waals surface area (Å²) in [6.45, 7) is 0. The summed E-state index contributed by atoms with van der Waals surface area (Å²) in [7, 11) is 0. The van der Waals surface area contributed by atoms with Gasteiger partial charge in [0.05, 0.1) is 24.1 Å². The summed E-state index contributed by atoms with van der Waals surface area (Å²) in [5, 5.41) is 9.95. The van der Waals surface area contributed by atoms with Crippen molar-refractivity contribution in [2.45, 2.75) is 6.42 Å². The average Bonchev–Trinajstić information content (AvgIpc) is 3.42. The minimum Gasteiger partial charge on any atom is -0.469 e. The number of aromatic nitrogens is 3. The van der Waals surface area contributed by atoms with E-state index in [1.54, 1.807) is 18.4 Å². The molecule has 0 amide bonds. The monoisotopic (exact) mass is 392 g/mol. The molecule has 0 radical (unpaired) electrons. The number of H-pyrrole nitrogens is 1. The lowest BCUT2D eigenvalue weighted by molar-refractivity contribution is 0.519. The highest BCUT2D eigenvalue weighted by Crippen LogP contribution is 2.31. The number of benzene rings is 2. The molecule has 6 nitrogen and oxygen atoms in total. The molecular weight excluding hydrogens is 376 g/mol. The third kappa shape index (κ3) is 2.90. The first-order valence-corrected chi connectivity index (χ1v) is 9.47. The molecule has 3 aromatic rings. The Bertz CT molecular complexity index is 1380. The Hall–Kier alpha value is -4.37. The lowest BCUT2D eigenvalue weighted by Crippen LogP contribution is -2.20. The van der Waals surface area contributed by atoms with E-state index in [4.69, 9.17) is 4.42 Å². The van der Waals surface area contributed by atoms with Gasteiger partial charge in [-0.05, 0) is 12.1 Å². The van der Waals surface area contributed by atoms with E-state index >= 15 is 0 Å². The van der Waals surface area contributed by atoms with E-state index in [1.165, 1.54) is 4.57 Å². The second-order valence-corrected chi connectivity index (χ2v) is 6.85. The van der Waals surface area contributed by atoms with Crippen LogP contribution >= 0.6 is 0 Å². The maximum atomic E-state index is 13.3. The van der Waals surface area contributed by atoms with Crippen LogP contribution in [-0.4, -0.2) is 14.5 Å². The smallest absolute Gasteiger partial charge is 0.279 e. The lowest BCUT2D eigenvalue weighted by atomic mass is 10.1. The Morgan fingerprint density at radius 2 is 1.60 bits per heavy atom. The predicted octanol–water partition coefficient (Wildman–Crippen LogP) is 4.39. The van der Waals surface area contributed by atoms with Gasteiger partial charge in [-0.25, -0.2) is 9.55 Å². The first kappa shape index (κ1) is 17.7. The Labute approximate surface area is 172 Å². The molecule has 1 aromatic heterocycles. The number of nitriles is 1. The van der Waals surface area contributed by atoms with E-state index in [2.05, 4.69) is 16.0 Å². The molecule has 2 aliphatic heterocycles. The SMILES string of the molecule is N#Cc1c(-c2ccccc2)[nH]c(-c2ccccc2)c2nc(Cc3ccco3)c(=O)n1-2.